The third-order valence-electron chi connectivity index (χ3n) is 6.99. The number of nitrogens with zero attached hydrogens (tertiary/aromatic N) is 3. The minimum Gasteiger partial charge on any atom is -0.317 e. The van der Waals surface area contributed by atoms with Crippen LogP contribution in [-0.4, -0.2) is 38.9 Å². The SMILES string of the molecule is O=c1[nH]c2c(n3ccnc13)C1(CCN(CCc3ccccc3)CC1)c1ccccc1-2. The molecule has 1 N–H and O–H groups in total. The molecule has 6 rings (SSSR count). The van der Waals surface area contributed by atoms with Gasteiger partial charge in [0, 0.05) is 29.9 Å². The van der Waals surface area contributed by atoms with Crippen LogP contribution in [-0.2, 0) is 11.8 Å². The average molecular weight is 396 g/mol. The van der Waals surface area contributed by atoms with Gasteiger partial charge in [0.05, 0.1) is 11.4 Å². The number of nitrogens with one attached hydrogen (secondary N) is 1. The first kappa shape index (κ1) is 17.7. The van der Waals surface area contributed by atoms with Gasteiger partial charge in [-0.25, -0.2) is 4.98 Å². The second-order valence-electron chi connectivity index (χ2n) is 8.50. The Labute approximate surface area is 175 Å². The number of hydrogen-bond acceptors (Lipinski definition) is 3. The fraction of sp³-hybridized carbons (Fsp3) is 0.280. The maximum atomic E-state index is 12.6. The van der Waals surface area contributed by atoms with E-state index in [1.807, 2.05) is 10.6 Å². The normalized spacial score (nSPS) is 17.3. The van der Waals surface area contributed by atoms with Crippen LogP contribution >= 0.6 is 0 Å². The third kappa shape index (κ3) is 2.52. The van der Waals surface area contributed by atoms with Crippen molar-refractivity contribution in [3.05, 3.63) is 94.2 Å². The maximum absolute atomic E-state index is 12.6. The van der Waals surface area contributed by atoms with E-state index in [9.17, 15) is 4.79 Å². The molecule has 0 amide bonds. The summed E-state index contributed by atoms with van der Waals surface area (Å²) in [5.74, 6) is 0. The van der Waals surface area contributed by atoms with E-state index in [4.69, 9.17) is 0 Å². The van der Waals surface area contributed by atoms with Gasteiger partial charge < -0.3 is 9.88 Å². The van der Waals surface area contributed by atoms with Crippen LogP contribution in [0.4, 0.5) is 0 Å². The Bertz CT molecular complexity index is 1280. The molecule has 0 atom stereocenters. The number of piperidine rings is 1. The first-order chi connectivity index (χ1) is 14.8. The molecule has 4 aromatic rings. The molecule has 150 valence electrons. The quantitative estimate of drug-likeness (QED) is 0.575. The molecule has 0 saturated carbocycles. The Balaban J connectivity index is 1.36. The van der Waals surface area contributed by atoms with Gasteiger partial charge in [0.1, 0.15) is 0 Å². The number of likely N-dealkylation sites (tertiary alicyclic amines) is 1. The second kappa shape index (κ2) is 6.67. The van der Waals surface area contributed by atoms with Gasteiger partial charge in [0.2, 0.25) is 5.65 Å². The van der Waals surface area contributed by atoms with Crippen molar-refractivity contribution in [2.45, 2.75) is 24.7 Å². The minimum absolute atomic E-state index is 0.0711. The first-order valence-electron chi connectivity index (χ1n) is 10.7. The average Bonchev–Trinajstić information content (AvgIpc) is 3.37. The molecule has 2 aromatic carbocycles. The molecule has 1 aliphatic carbocycles. The van der Waals surface area contributed by atoms with Crippen LogP contribution < -0.4 is 5.56 Å². The predicted octanol–water partition coefficient (Wildman–Crippen LogP) is 3.63. The summed E-state index contributed by atoms with van der Waals surface area (Å²) >= 11 is 0. The van der Waals surface area contributed by atoms with Crippen LogP contribution in [0.15, 0.2) is 71.8 Å². The highest BCUT2D eigenvalue weighted by Crippen LogP contribution is 2.52. The smallest absolute Gasteiger partial charge is 0.292 e. The molecular weight excluding hydrogens is 372 g/mol. The fourth-order valence-corrected chi connectivity index (χ4v) is 5.51. The number of imidazole rings is 1. The number of hydrogen-bond donors (Lipinski definition) is 1. The molecule has 5 heteroatoms. The van der Waals surface area contributed by atoms with E-state index in [-0.39, 0.29) is 11.0 Å². The van der Waals surface area contributed by atoms with Gasteiger partial charge in [-0.15, -0.1) is 0 Å². The standard InChI is InChI=1S/C25H24N4O/c30-24-23-26-13-17-29(23)22-21(27-24)19-8-4-5-9-20(19)25(22)11-15-28(16-12-25)14-10-18-6-2-1-3-7-18/h1-9,13,17H,10-12,14-16H2,(H,27,30). The largest absolute Gasteiger partial charge is 0.317 e. The van der Waals surface area contributed by atoms with Gasteiger partial charge in [-0.3, -0.25) is 9.20 Å². The van der Waals surface area contributed by atoms with Crippen molar-refractivity contribution in [2.75, 3.05) is 19.6 Å². The van der Waals surface area contributed by atoms with E-state index in [1.165, 1.54) is 16.8 Å². The van der Waals surface area contributed by atoms with Gasteiger partial charge in [-0.05, 0) is 43.5 Å². The number of rotatable bonds is 3. The highest BCUT2D eigenvalue weighted by atomic mass is 16.1. The molecule has 30 heavy (non-hydrogen) atoms. The zero-order valence-electron chi connectivity index (χ0n) is 16.8. The fourth-order valence-electron chi connectivity index (χ4n) is 5.51. The van der Waals surface area contributed by atoms with E-state index in [0.29, 0.717) is 5.65 Å². The highest BCUT2D eigenvalue weighted by molar-refractivity contribution is 5.78. The Morgan fingerprint density at radius 2 is 1.77 bits per heavy atom. The molecular formula is C25H24N4O. The molecule has 1 aliphatic heterocycles. The summed E-state index contributed by atoms with van der Waals surface area (Å²) in [4.78, 5) is 22.7. The molecule has 0 bridgehead atoms. The lowest BCUT2D eigenvalue weighted by molar-refractivity contribution is 0.180. The Kier molecular flexibility index (Phi) is 3.93. The predicted molar refractivity (Wildman–Crippen MR) is 118 cm³/mol. The number of fused-ring (bicyclic) bond motifs is 7. The van der Waals surface area contributed by atoms with Crippen molar-refractivity contribution >= 4 is 5.65 Å². The Hall–Kier alpha value is -3.18. The molecule has 0 radical (unpaired) electrons. The highest BCUT2D eigenvalue weighted by Gasteiger charge is 2.47. The topological polar surface area (TPSA) is 53.4 Å². The molecule has 1 spiro atoms. The molecule has 2 aromatic heterocycles. The maximum Gasteiger partial charge on any atom is 0.292 e. The molecule has 2 aliphatic rings. The van der Waals surface area contributed by atoms with Crippen LogP contribution in [0, 0.1) is 0 Å². The lowest BCUT2D eigenvalue weighted by Crippen LogP contribution is -2.44. The zero-order chi connectivity index (χ0) is 20.1. The second-order valence-corrected chi connectivity index (χ2v) is 8.50. The van der Waals surface area contributed by atoms with Crippen molar-refractivity contribution in [2.24, 2.45) is 0 Å². The van der Waals surface area contributed by atoms with E-state index >= 15 is 0 Å². The van der Waals surface area contributed by atoms with Gasteiger partial charge >= 0.3 is 0 Å². The summed E-state index contributed by atoms with van der Waals surface area (Å²) in [7, 11) is 0. The number of benzene rings is 2. The van der Waals surface area contributed by atoms with Crippen LogP contribution in [0.2, 0.25) is 0 Å². The van der Waals surface area contributed by atoms with Crippen molar-refractivity contribution in [1.82, 2.24) is 19.3 Å². The van der Waals surface area contributed by atoms with Gasteiger partial charge in [-0.2, -0.15) is 0 Å². The molecule has 0 unspecified atom stereocenters. The molecule has 5 nitrogen and oxygen atoms in total. The van der Waals surface area contributed by atoms with Crippen molar-refractivity contribution in [3.63, 3.8) is 0 Å². The summed E-state index contributed by atoms with van der Waals surface area (Å²) < 4.78 is 2.04. The molecule has 3 heterocycles. The van der Waals surface area contributed by atoms with Gasteiger partial charge in [0.25, 0.3) is 5.56 Å². The molecule has 1 saturated heterocycles. The van der Waals surface area contributed by atoms with Gasteiger partial charge in [-0.1, -0.05) is 54.6 Å². The summed E-state index contributed by atoms with van der Waals surface area (Å²) in [6.45, 7) is 3.19. The van der Waals surface area contributed by atoms with Crippen molar-refractivity contribution < 1.29 is 0 Å². The Morgan fingerprint density at radius 3 is 2.60 bits per heavy atom. The van der Waals surface area contributed by atoms with Crippen LogP contribution in [0.3, 0.4) is 0 Å². The number of aromatic amines is 1. The van der Waals surface area contributed by atoms with E-state index in [1.54, 1.807) is 6.20 Å². The summed E-state index contributed by atoms with van der Waals surface area (Å²) in [6, 6.07) is 19.3. The van der Waals surface area contributed by atoms with Crippen molar-refractivity contribution in [1.29, 1.82) is 0 Å². The van der Waals surface area contributed by atoms with Crippen molar-refractivity contribution in [3.8, 4) is 11.3 Å². The van der Waals surface area contributed by atoms with E-state index < -0.39 is 0 Å². The van der Waals surface area contributed by atoms with E-state index in [2.05, 4.69) is 69.5 Å². The summed E-state index contributed by atoms with van der Waals surface area (Å²) in [5.41, 5.74) is 6.39. The molecule has 1 fully saturated rings. The minimum atomic E-state index is -0.120. The number of aromatic nitrogens is 3. The summed E-state index contributed by atoms with van der Waals surface area (Å²) in [5, 5.41) is 0. The van der Waals surface area contributed by atoms with E-state index in [0.717, 1.165) is 50.2 Å². The Morgan fingerprint density at radius 1 is 1.00 bits per heavy atom. The lowest BCUT2D eigenvalue weighted by atomic mass is 9.73. The van der Waals surface area contributed by atoms with Crippen LogP contribution in [0.1, 0.15) is 29.7 Å². The monoisotopic (exact) mass is 396 g/mol. The summed E-state index contributed by atoms with van der Waals surface area (Å²) in [6.07, 6.45) is 6.85. The van der Waals surface area contributed by atoms with Gasteiger partial charge in [0.15, 0.2) is 0 Å². The lowest BCUT2D eigenvalue weighted by Gasteiger charge is -2.40. The first-order valence-corrected chi connectivity index (χ1v) is 10.7. The zero-order valence-corrected chi connectivity index (χ0v) is 16.8. The van der Waals surface area contributed by atoms with Crippen LogP contribution in [0.5, 0.6) is 0 Å². The van der Waals surface area contributed by atoms with Crippen LogP contribution in [0.25, 0.3) is 16.9 Å². The number of H-pyrrole nitrogens is 1. The third-order valence-corrected chi connectivity index (χ3v) is 6.99.